The van der Waals surface area contributed by atoms with E-state index in [0.29, 0.717) is 0 Å². The molecule has 0 radical (unpaired) electrons. The van der Waals surface area contributed by atoms with Gasteiger partial charge >= 0.3 is 0 Å². The summed E-state index contributed by atoms with van der Waals surface area (Å²) >= 11 is 0. The van der Waals surface area contributed by atoms with Crippen molar-refractivity contribution in [3.8, 4) is 0 Å². The van der Waals surface area contributed by atoms with Gasteiger partial charge in [0.05, 0.1) is 0 Å². The van der Waals surface area contributed by atoms with Crippen LogP contribution < -0.4 is 0 Å². The van der Waals surface area contributed by atoms with Crippen LogP contribution in [-0.2, 0) is 14.1 Å². The van der Waals surface area contributed by atoms with Crippen LogP contribution in [0, 0.1) is 0 Å². The van der Waals surface area contributed by atoms with Gasteiger partial charge in [-0.15, -0.1) is 0 Å². The molecule has 0 N–H and O–H groups in total. The first kappa shape index (κ1) is 17.6. The maximum absolute atomic E-state index is 4.09. The highest BCUT2D eigenvalue weighted by Crippen LogP contribution is 2.41. The molecule has 2 nitrogen and oxygen atoms in total. The van der Waals surface area contributed by atoms with Crippen molar-refractivity contribution in [2.24, 2.45) is 14.1 Å². The van der Waals surface area contributed by atoms with Gasteiger partial charge in [-0.3, -0.25) is 0 Å². The third kappa shape index (κ3) is 2.72. The molecule has 2 aromatic heterocycles. The number of para-hydroxylation sites is 2. The van der Waals surface area contributed by atoms with Crippen LogP contribution >= 0.6 is 0 Å². The Hall–Kier alpha value is -3.52. The highest BCUT2D eigenvalue weighted by molar-refractivity contribution is 5.90. The zero-order valence-corrected chi connectivity index (χ0v) is 16.8. The Labute approximate surface area is 171 Å². The van der Waals surface area contributed by atoms with E-state index in [9.17, 15) is 0 Å². The van der Waals surface area contributed by atoms with Crippen molar-refractivity contribution in [3.63, 3.8) is 0 Å². The molecular formula is C27H24N2. The Morgan fingerprint density at radius 2 is 1.14 bits per heavy atom. The fraction of sp³-hybridized carbons (Fsp3) is 0.111. The van der Waals surface area contributed by atoms with Crippen molar-refractivity contribution in [3.05, 3.63) is 114 Å². The molecule has 0 aliphatic rings. The predicted molar refractivity (Wildman–Crippen MR) is 123 cm³/mol. The highest BCUT2D eigenvalue weighted by atomic mass is 14.9. The second kappa shape index (κ2) is 6.82. The van der Waals surface area contributed by atoms with Crippen molar-refractivity contribution < 1.29 is 0 Å². The molecular weight excluding hydrogens is 352 g/mol. The van der Waals surface area contributed by atoms with Crippen LogP contribution in [0.4, 0.5) is 0 Å². The third-order valence-electron chi connectivity index (χ3n) is 6.00. The summed E-state index contributed by atoms with van der Waals surface area (Å²) in [6, 6.07) is 26.0. The van der Waals surface area contributed by atoms with Crippen molar-refractivity contribution in [1.29, 1.82) is 0 Å². The molecule has 2 heteroatoms. The Morgan fingerprint density at radius 3 is 1.69 bits per heavy atom. The topological polar surface area (TPSA) is 9.86 Å². The summed E-state index contributed by atoms with van der Waals surface area (Å²) < 4.78 is 4.47. The molecule has 0 aliphatic heterocycles. The Kier molecular flexibility index (Phi) is 4.13. The summed E-state index contributed by atoms with van der Waals surface area (Å²) in [5.74, 6) is 0.126. The number of fused-ring (bicyclic) bond motifs is 2. The van der Waals surface area contributed by atoms with E-state index in [4.69, 9.17) is 0 Å². The molecule has 0 bridgehead atoms. The number of benzene rings is 3. The number of nitrogens with zero attached hydrogens (tertiary/aromatic N) is 2. The Balaban J connectivity index is 1.89. The van der Waals surface area contributed by atoms with E-state index < -0.39 is 0 Å². The van der Waals surface area contributed by atoms with Crippen LogP contribution in [0.3, 0.4) is 0 Å². The summed E-state index contributed by atoms with van der Waals surface area (Å²) in [4.78, 5) is 0. The second-order valence-corrected chi connectivity index (χ2v) is 7.69. The molecule has 0 saturated heterocycles. The van der Waals surface area contributed by atoms with Crippen molar-refractivity contribution in [1.82, 2.24) is 9.13 Å². The van der Waals surface area contributed by atoms with E-state index in [1.807, 2.05) is 6.08 Å². The van der Waals surface area contributed by atoms with E-state index in [1.165, 1.54) is 44.1 Å². The van der Waals surface area contributed by atoms with Gasteiger partial charge in [-0.2, -0.15) is 0 Å². The molecule has 0 amide bonds. The quantitative estimate of drug-likeness (QED) is 0.339. The molecule has 5 aromatic rings. The maximum Gasteiger partial charge on any atom is 0.0480 e. The molecule has 2 heterocycles. The maximum atomic E-state index is 4.09. The third-order valence-corrected chi connectivity index (χ3v) is 6.00. The van der Waals surface area contributed by atoms with Crippen molar-refractivity contribution in [2.45, 2.75) is 5.92 Å². The first-order valence-electron chi connectivity index (χ1n) is 9.98. The lowest BCUT2D eigenvalue weighted by Gasteiger charge is -2.20. The minimum Gasteiger partial charge on any atom is -0.350 e. The van der Waals surface area contributed by atoms with Crippen LogP contribution in [0.15, 0.2) is 91.8 Å². The lowest BCUT2D eigenvalue weighted by atomic mass is 9.82. The molecule has 0 saturated carbocycles. The van der Waals surface area contributed by atoms with Gasteiger partial charge in [0, 0.05) is 54.2 Å². The van der Waals surface area contributed by atoms with Gasteiger partial charge in [0.15, 0.2) is 0 Å². The predicted octanol–water partition coefficient (Wildman–Crippen LogP) is 6.49. The summed E-state index contributed by atoms with van der Waals surface area (Å²) in [6.45, 7) is 4.09. The molecule has 29 heavy (non-hydrogen) atoms. The van der Waals surface area contributed by atoms with Crippen LogP contribution in [0.25, 0.3) is 27.9 Å². The SMILES string of the molecule is C=Cc1ccccc1C(c1cn(C)c2ccccc12)c1cn(C)c2ccccc12. The Bertz CT molecular complexity index is 1270. The van der Waals surface area contributed by atoms with Gasteiger partial charge in [0.25, 0.3) is 0 Å². The van der Waals surface area contributed by atoms with E-state index in [1.54, 1.807) is 0 Å². The van der Waals surface area contributed by atoms with Crippen LogP contribution in [0.5, 0.6) is 0 Å². The zero-order chi connectivity index (χ0) is 20.0. The molecule has 0 unspecified atom stereocenters. The first-order chi connectivity index (χ1) is 14.2. The van der Waals surface area contributed by atoms with Crippen LogP contribution in [-0.4, -0.2) is 9.13 Å². The molecule has 0 aliphatic carbocycles. The van der Waals surface area contributed by atoms with Crippen LogP contribution in [0.2, 0.25) is 0 Å². The summed E-state index contributed by atoms with van der Waals surface area (Å²) in [5, 5.41) is 2.60. The average Bonchev–Trinajstić information content (AvgIpc) is 3.27. The number of aryl methyl sites for hydroxylation is 2. The van der Waals surface area contributed by atoms with Crippen molar-refractivity contribution in [2.75, 3.05) is 0 Å². The molecule has 0 fully saturated rings. The van der Waals surface area contributed by atoms with Gasteiger partial charge < -0.3 is 9.13 Å². The second-order valence-electron chi connectivity index (χ2n) is 7.69. The minimum atomic E-state index is 0.126. The normalized spacial score (nSPS) is 11.6. The van der Waals surface area contributed by atoms with E-state index in [0.717, 1.165) is 0 Å². The molecule has 3 aromatic carbocycles. The lowest BCUT2D eigenvalue weighted by Crippen LogP contribution is -2.05. The van der Waals surface area contributed by atoms with Gasteiger partial charge in [0.1, 0.15) is 0 Å². The van der Waals surface area contributed by atoms with Crippen molar-refractivity contribution >= 4 is 27.9 Å². The lowest BCUT2D eigenvalue weighted by molar-refractivity contribution is 0.911. The summed E-state index contributed by atoms with van der Waals surface area (Å²) in [7, 11) is 4.26. The molecule has 142 valence electrons. The largest absolute Gasteiger partial charge is 0.350 e. The fourth-order valence-corrected chi connectivity index (χ4v) is 4.67. The van der Waals surface area contributed by atoms with Gasteiger partial charge in [-0.05, 0) is 34.4 Å². The Morgan fingerprint density at radius 1 is 0.655 bits per heavy atom. The number of rotatable bonds is 4. The summed E-state index contributed by atoms with van der Waals surface area (Å²) in [5.41, 5.74) is 7.63. The molecule has 0 atom stereocenters. The van der Waals surface area contributed by atoms with Gasteiger partial charge in [-0.1, -0.05) is 73.3 Å². The number of hydrogen-bond donors (Lipinski definition) is 0. The standard InChI is InChI=1S/C27H24N2/c1-4-19-11-5-6-12-20(19)27(23-17-28(2)25-15-9-7-13-21(23)25)24-18-29(3)26-16-10-8-14-22(24)26/h4-18,27H,1H2,2-3H3. The molecule has 0 spiro atoms. The highest BCUT2D eigenvalue weighted by Gasteiger charge is 2.25. The zero-order valence-electron chi connectivity index (χ0n) is 16.8. The fourth-order valence-electron chi connectivity index (χ4n) is 4.67. The van der Waals surface area contributed by atoms with Crippen LogP contribution in [0.1, 0.15) is 28.2 Å². The van der Waals surface area contributed by atoms with E-state index in [-0.39, 0.29) is 5.92 Å². The monoisotopic (exact) mass is 376 g/mol. The smallest absolute Gasteiger partial charge is 0.0480 e. The first-order valence-corrected chi connectivity index (χ1v) is 9.98. The van der Waals surface area contributed by atoms with Gasteiger partial charge in [-0.25, -0.2) is 0 Å². The average molecular weight is 377 g/mol. The number of aromatic nitrogens is 2. The minimum absolute atomic E-state index is 0.126. The number of hydrogen-bond acceptors (Lipinski definition) is 0. The van der Waals surface area contributed by atoms with E-state index in [2.05, 4.69) is 115 Å². The summed E-state index contributed by atoms with van der Waals surface area (Å²) in [6.07, 6.45) is 6.55. The molecule has 5 rings (SSSR count). The van der Waals surface area contributed by atoms with Gasteiger partial charge in [0.2, 0.25) is 0 Å². The van der Waals surface area contributed by atoms with E-state index >= 15 is 0 Å².